The molecule has 35 heavy (non-hydrogen) atoms. The second kappa shape index (κ2) is 16.1. The molecular formula is C25H35NO9. The van der Waals surface area contributed by atoms with Crippen molar-refractivity contribution in [2.45, 2.75) is 20.8 Å². The largest absolute Gasteiger partial charge is 0.491 e. The number of nitrogens with zero attached hydrogens (tertiary/aromatic N) is 1. The average Bonchev–Trinajstić information content (AvgIpc) is 3.03. The lowest BCUT2D eigenvalue weighted by Gasteiger charge is -2.15. The van der Waals surface area contributed by atoms with E-state index in [2.05, 4.69) is 0 Å². The Morgan fingerprint density at radius 1 is 0.657 bits per heavy atom. The number of anilines is 1. The number of ether oxygens (including phenoxy) is 6. The molecule has 2 amide bonds. The van der Waals surface area contributed by atoms with E-state index in [0.29, 0.717) is 88.7 Å². The lowest BCUT2D eigenvalue weighted by atomic mass is 10.2. The number of amides is 2. The molecule has 0 aliphatic carbocycles. The maximum Gasteiger partial charge on any atom is 0.261 e. The molecule has 10 nitrogen and oxygen atoms in total. The molecule has 0 radical (unpaired) electrons. The van der Waals surface area contributed by atoms with E-state index in [1.165, 1.54) is 11.8 Å². The van der Waals surface area contributed by atoms with Gasteiger partial charge in [-0.3, -0.25) is 14.4 Å². The van der Waals surface area contributed by atoms with E-state index in [-0.39, 0.29) is 24.2 Å². The van der Waals surface area contributed by atoms with Crippen molar-refractivity contribution in [2.24, 2.45) is 0 Å². The predicted octanol–water partition coefficient (Wildman–Crippen LogP) is 1.95. The van der Waals surface area contributed by atoms with Crippen LogP contribution in [0.5, 0.6) is 5.75 Å². The van der Waals surface area contributed by atoms with Crippen molar-refractivity contribution in [3.63, 3.8) is 0 Å². The monoisotopic (exact) mass is 493 g/mol. The van der Waals surface area contributed by atoms with Gasteiger partial charge in [-0.25, -0.2) is 4.90 Å². The van der Waals surface area contributed by atoms with Gasteiger partial charge in [0.25, 0.3) is 11.8 Å². The molecule has 0 atom stereocenters. The fourth-order valence-corrected chi connectivity index (χ4v) is 2.99. The van der Waals surface area contributed by atoms with Crippen LogP contribution < -0.4 is 9.64 Å². The third kappa shape index (κ3) is 10.3. The maximum absolute atomic E-state index is 12.2. The number of hydrogen-bond acceptors (Lipinski definition) is 9. The highest BCUT2D eigenvalue weighted by atomic mass is 16.6. The lowest BCUT2D eigenvalue weighted by Crippen LogP contribution is -2.31. The highest BCUT2D eigenvalue weighted by molar-refractivity contribution is 6.32. The van der Waals surface area contributed by atoms with E-state index in [9.17, 15) is 14.4 Å². The molecule has 2 rings (SSSR count). The van der Waals surface area contributed by atoms with Crippen molar-refractivity contribution >= 4 is 23.3 Å². The summed E-state index contributed by atoms with van der Waals surface area (Å²) in [4.78, 5) is 36.3. The van der Waals surface area contributed by atoms with Crippen LogP contribution in [-0.4, -0.2) is 90.3 Å². The minimum atomic E-state index is -0.290. The Hall–Kier alpha value is -2.63. The van der Waals surface area contributed by atoms with Crippen LogP contribution >= 0.6 is 0 Å². The normalized spacial score (nSPS) is 13.7. The van der Waals surface area contributed by atoms with Crippen molar-refractivity contribution in [2.75, 3.05) is 77.6 Å². The molecule has 0 aromatic heterocycles. The zero-order chi connectivity index (χ0) is 25.5. The first kappa shape index (κ1) is 28.6. The smallest absolute Gasteiger partial charge is 0.261 e. The van der Waals surface area contributed by atoms with Crippen LogP contribution in [0.4, 0.5) is 5.69 Å². The van der Waals surface area contributed by atoms with Gasteiger partial charge in [0.15, 0.2) is 5.78 Å². The Morgan fingerprint density at radius 3 is 1.49 bits per heavy atom. The van der Waals surface area contributed by atoms with E-state index in [0.717, 1.165) is 0 Å². The molecule has 0 saturated heterocycles. The molecule has 1 heterocycles. The number of imide groups is 1. The third-order valence-electron chi connectivity index (χ3n) is 4.99. The lowest BCUT2D eigenvalue weighted by molar-refractivity contribution is -0.122. The SMILES string of the molecule is CC(=O)COCCOCCOCCOCCOCCOc1ccc(N2C(=O)C(C)=C(C)C2=O)cc1. The molecule has 1 aromatic carbocycles. The Labute approximate surface area is 206 Å². The molecule has 0 bridgehead atoms. The van der Waals surface area contributed by atoms with Crippen molar-refractivity contribution in [1.82, 2.24) is 0 Å². The predicted molar refractivity (Wildman–Crippen MR) is 128 cm³/mol. The maximum atomic E-state index is 12.2. The summed E-state index contributed by atoms with van der Waals surface area (Å²) in [5, 5.41) is 0. The van der Waals surface area contributed by atoms with Crippen LogP contribution in [-0.2, 0) is 38.1 Å². The highest BCUT2D eigenvalue weighted by Gasteiger charge is 2.34. The number of carbonyl (C=O) groups is 3. The van der Waals surface area contributed by atoms with Crippen LogP contribution in [0.2, 0.25) is 0 Å². The first-order chi connectivity index (χ1) is 16.9. The third-order valence-corrected chi connectivity index (χ3v) is 4.99. The van der Waals surface area contributed by atoms with Gasteiger partial charge in [0.05, 0.1) is 65.1 Å². The molecule has 1 aliphatic heterocycles. The van der Waals surface area contributed by atoms with Crippen molar-refractivity contribution in [1.29, 1.82) is 0 Å². The van der Waals surface area contributed by atoms with E-state index in [1.807, 2.05) is 0 Å². The average molecular weight is 494 g/mol. The molecule has 1 aliphatic rings. The van der Waals surface area contributed by atoms with Gasteiger partial charge in [-0.1, -0.05) is 0 Å². The van der Waals surface area contributed by atoms with Crippen molar-refractivity contribution in [3.8, 4) is 5.75 Å². The molecule has 194 valence electrons. The number of rotatable bonds is 19. The highest BCUT2D eigenvalue weighted by Crippen LogP contribution is 2.27. The van der Waals surface area contributed by atoms with Gasteiger partial charge in [0.1, 0.15) is 19.0 Å². The van der Waals surface area contributed by atoms with Gasteiger partial charge >= 0.3 is 0 Å². The van der Waals surface area contributed by atoms with Crippen LogP contribution in [0.15, 0.2) is 35.4 Å². The first-order valence-corrected chi connectivity index (χ1v) is 11.6. The van der Waals surface area contributed by atoms with Gasteiger partial charge in [-0.2, -0.15) is 0 Å². The minimum absolute atomic E-state index is 0.00480. The summed E-state index contributed by atoms with van der Waals surface area (Å²) in [6.07, 6.45) is 0. The summed E-state index contributed by atoms with van der Waals surface area (Å²) in [6, 6.07) is 6.81. The topological polar surface area (TPSA) is 110 Å². The molecule has 0 N–H and O–H groups in total. The van der Waals surface area contributed by atoms with Crippen LogP contribution in [0, 0.1) is 0 Å². The van der Waals surface area contributed by atoms with Gasteiger partial charge in [0.2, 0.25) is 0 Å². The van der Waals surface area contributed by atoms with Gasteiger partial charge < -0.3 is 28.4 Å². The second-order valence-electron chi connectivity index (χ2n) is 7.74. The Kier molecular flexibility index (Phi) is 13.2. The number of ketones is 1. The van der Waals surface area contributed by atoms with Crippen LogP contribution in [0.3, 0.4) is 0 Å². The molecular weight excluding hydrogens is 458 g/mol. The molecule has 0 unspecified atom stereocenters. The number of hydrogen-bond donors (Lipinski definition) is 0. The molecule has 10 heteroatoms. The fourth-order valence-electron chi connectivity index (χ4n) is 2.99. The van der Waals surface area contributed by atoms with Crippen LogP contribution in [0.25, 0.3) is 0 Å². The van der Waals surface area contributed by atoms with Crippen molar-refractivity contribution < 1.29 is 42.8 Å². The summed E-state index contributed by atoms with van der Waals surface area (Å²) in [6.45, 7) is 9.23. The summed E-state index contributed by atoms with van der Waals surface area (Å²) < 4.78 is 32.3. The molecule has 0 saturated carbocycles. The second-order valence-corrected chi connectivity index (χ2v) is 7.74. The Morgan fingerprint density at radius 2 is 1.06 bits per heavy atom. The standard InChI is InChI=1S/C25H35NO9/c1-19(27)18-34-15-14-32-11-10-30-8-9-31-12-13-33-16-17-35-23-6-4-22(5-7-23)26-24(28)20(2)21(3)25(26)29/h4-7H,8-18H2,1-3H3. The van der Waals surface area contributed by atoms with E-state index in [4.69, 9.17) is 28.4 Å². The van der Waals surface area contributed by atoms with Gasteiger partial charge in [0, 0.05) is 11.1 Å². The van der Waals surface area contributed by atoms with E-state index < -0.39 is 0 Å². The fraction of sp³-hybridized carbons (Fsp3) is 0.560. The summed E-state index contributed by atoms with van der Waals surface area (Å²) in [5.41, 5.74) is 1.46. The number of carbonyl (C=O) groups excluding carboxylic acids is 3. The molecule has 0 fully saturated rings. The summed E-state index contributed by atoms with van der Waals surface area (Å²) in [5.74, 6) is 0.0386. The molecule has 1 aromatic rings. The Balaban J connectivity index is 1.41. The zero-order valence-electron chi connectivity index (χ0n) is 20.7. The number of Topliss-reactive ketones (excluding diaryl/α,β-unsaturated/α-hetero) is 1. The van der Waals surface area contributed by atoms with Crippen LogP contribution in [0.1, 0.15) is 20.8 Å². The Bertz CT molecular complexity index is 827. The quantitative estimate of drug-likeness (QED) is 0.211. The first-order valence-electron chi connectivity index (χ1n) is 11.6. The molecule has 0 spiro atoms. The van der Waals surface area contributed by atoms with Gasteiger partial charge in [-0.05, 0) is 45.0 Å². The number of benzene rings is 1. The minimum Gasteiger partial charge on any atom is -0.491 e. The van der Waals surface area contributed by atoms with E-state index in [1.54, 1.807) is 38.1 Å². The van der Waals surface area contributed by atoms with Crippen molar-refractivity contribution in [3.05, 3.63) is 35.4 Å². The van der Waals surface area contributed by atoms with E-state index >= 15 is 0 Å². The summed E-state index contributed by atoms with van der Waals surface area (Å²) in [7, 11) is 0. The zero-order valence-corrected chi connectivity index (χ0v) is 20.7. The van der Waals surface area contributed by atoms with Gasteiger partial charge in [-0.15, -0.1) is 0 Å². The summed E-state index contributed by atoms with van der Waals surface area (Å²) >= 11 is 0.